The van der Waals surface area contributed by atoms with Crippen molar-refractivity contribution in [1.82, 2.24) is 0 Å². The molecule has 0 heterocycles. The van der Waals surface area contributed by atoms with Gasteiger partial charge in [0.1, 0.15) is 5.78 Å². The maximum Gasteiger partial charge on any atom is 0.133 e. The molecule has 6 unspecified atom stereocenters. The minimum absolute atomic E-state index is 0.332. The Balaban J connectivity index is 0.000000880. The summed E-state index contributed by atoms with van der Waals surface area (Å²) < 4.78 is 0. The average molecular weight is 347 g/mol. The highest BCUT2D eigenvalue weighted by molar-refractivity contribution is 5.79. The molecule has 0 aromatic heterocycles. The molecule has 0 radical (unpaired) electrons. The van der Waals surface area contributed by atoms with Crippen molar-refractivity contribution in [3.05, 3.63) is 0 Å². The molecule has 0 aromatic rings. The van der Waals surface area contributed by atoms with Crippen LogP contribution in [0.1, 0.15) is 99.3 Å². The third-order valence-corrected chi connectivity index (χ3v) is 9.42. The molecule has 25 heavy (non-hydrogen) atoms. The Morgan fingerprint density at radius 2 is 1.48 bits per heavy atom. The van der Waals surface area contributed by atoms with Gasteiger partial charge in [0.2, 0.25) is 0 Å². The highest BCUT2D eigenvalue weighted by Gasteiger charge is 2.60. The van der Waals surface area contributed by atoms with E-state index in [1.807, 2.05) is 20.8 Å². The Kier molecular flexibility index (Phi) is 5.45. The fourth-order valence-electron chi connectivity index (χ4n) is 8.14. The molecule has 0 aliphatic heterocycles. The minimum atomic E-state index is 0.332. The van der Waals surface area contributed by atoms with Crippen molar-refractivity contribution in [3.8, 4) is 0 Å². The normalized spacial score (nSPS) is 51.4. The summed E-state index contributed by atoms with van der Waals surface area (Å²) in [4.78, 5) is 12.2. The van der Waals surface area contributed by atoms with Crippen LogP contribution in [0.5, 0.6) is 0 Å². The van der Waals surface area contributed by atoms with Gasteiger partial charge in [0, 0.05) is 5.92 Å². The summed E-state index contributed by atoms with van der Waals surface area (Å²) in [6, 6.07) is 0. The SMILES string of the molecule is CC.CC(=O)[C@H]1CCC2C3CCC4CC(C)CCC4(C)C3CC[C@@]21C. The number of Topliss-reactive ketones (excluding diaryl/α,β-unsaturated/α-hetero) is 1. The van der Waals surface area contributed by atoms with Gasteiger partial charge in [0.05, 0.1) is 0 Å². The van der Waals surface area contributed by atoms with E-state index in [0.717, 1.165) is 29.6 Å². The van der Waals surface area contributed by atoms with Crippen LogP contribution in [0.25, 0.3) is 0 Å². The van der Waals surface area contributed by atoms with Crippen LogP contribution in [-0.2, 0) is 4.79 Å². The molecule has 144 valence electrons. The van der Waals surface area contributed by atoms with Gasteiger partial charge in [-0.1, -0.05) is 41.0 Å². The van der Waals surface area contributed by atoms with Crippen LogP contribution in [0.4, 0.5) is 0 Å². The Morgan fingerprint density at radius 3 is 2.16 bits per heavy atom. The summed E-state index contributed by atoms with van der Waals surface area (Å²) >= 11 is 0. The zero-order chi connectivity index (χ0) is 18.4. The van der Waals surface area contributed by atoms with Crippen molar-refractivity contribution in [1.29, 1.82) is 0 Å². The lowest BCUT2D eigenvalue weighted by Crippen LogP contribution is -2.53. The van der Waals surface area contributed by atoms with Crippen LogP contribution in [0, 0.1) is 46.3 Å². The number of ketones is 1. The monoisotopic (exact) mass is 346 g/mol. The van der Waals surface area contributed by atoms with E-state index in [1.54, 1.807) is 0 Å². The predicted molar refractivity (Wildman–Crippen MR) is 106 cm³/mol. The van der Waals surface area contributed by atoms with Gasteiger partial charge >= 0.3 is 0 Å². The first-order chi connectivity index (χ1) is 11.9. The Labute approximate surface area is 156 Å². The van der Waals surface area contributed by atoms with E-state index >= 15 is 0 Å². The topological polar surface area (TPSA) is 17.1 Å². The Hall–Kier alpha value is -0.330. The molecule has 0 N–H and O–H groups in total. The molecule has 0 aromatic carbocycles. The van der Waals surface area contributed by atoms with Crippen molar-refractivity contribution in [2.24, 2.45) is 46.3 Å². The molecule has 4 aliphatic rings. The zero-order valence-corrected chi connectivity index (χ0v) is 17.7. The lowest BCUT2D eigenvalue weighted by atomic mass is 9.44. The van der Waals surface area contributed by atoms with E-state index in [9.17, 15) is 4.79 Å². The van der Waals surface area contributed by atoms with Gasteiger partial charge in [-0.2, -0.15) is 0 Å². The molecule has 0 spiro atoms. The van der Waals surface area contributed by atoms with Crippen LogP contribution in [0.15, 0.2) is 0 Å². The van der Waals surface area contributed by atoms with Gasteiger partial charge in [-0.15, -0.1) is 0 Å². The first-order valence-electron chi connectivity index (χ1n) is 11.4. The maximum atomic E-state index is 12.2. The van der Waals surface area contributed by atoms with Crippen LogP contribution >= 0.6 is 0 Å². The second-order valence-corrected chi connectivity index (χ2v) is 10.3. The number of hydrogen-bond donors (Lipinski definition) is 0. The molecule has 0 bridgehead atoms. The maximum absolute atomic E-state index is 12.2. The van der Waals surface area contributed by atoms with Gasteiger partial charge in [0.25, 0.3) is 0 Å². The van der Waals surface area contributed by atoms with Gasteiger partial charge in [-0.05, 0) is 98.7 Å². The highest BCUT2D eigenvalue weighted by Crippen LogP contribution is 2.67. The third kappa shape index (κ3) is 2.92. The first kappa shape index (κ1) is 19.4. The predicted octanol–water partition coefficient (Wildman–Crippen LogP) is 6.90. The summed E-state index contributed by atoms with van der Waals surface area (Å²) in [5, 5.41) is 0. The number of carbonyl (C=O) groups is 1. The van der Waals surface area contributed by atoms with E-state index in [-0.39, 0.29) is 0 Å². The Bertz CT molecular complexity index is 496. The smallest absolute Gasteiger partial charge is 0.133 e. The van der Waals surface area contributed by atoms with Gasteiger partial charge in [0.15, 0.2) is 0 Å². The summed E-state index contributed by atoms with van der Waals surface area (Å²) in [6.45, 7) is 13.5. The van der Waals surface area contributed by atoms with E-state index in [0.29, 0.717) is 22.5 Å². The fraction of sp³-hybridized carbons (Fsp3) is 0.958. The Morgan fingerprint density at radius 1 is 0.840 bits per heavy atom. The number of rotatable bonds is 1. The fourth-order valence-corrected chi connectivity index (χ4v) is 8.14. The lowest BCUT2D eigenvalue weighted by Gasteiger charge is -2.61. The second kappa shape index (κ2) is 7.01. The molecular weight excluding hydrogens is 304 g/mol. The summed E-state index contributed by atoms with van der Waals surface area (Å²) in [7, 11) is 0. The lowest BCUT2D eigenvalue weighted by molar-refractivity contribution is -0.135. The van der Waals surface area contributed by atoms with Crippen molar-refractivity contribution >= 4 is 5.78 Å². The van der Waals surface area contributed by atoms with Crippen molar-refractivity contribution < 1.29 is 4.79 Å². The van der Waals surface area contributed by atoms with Gasteiger partial charge in [-0.3, -0.25) is 4.79 Å². The zero-order valence-electron chi connectivity index (χ0n) is 17.7. The molecule has 0 saturated heterocycles. The first-order valence-corrected chi connectivity index (χ1v) is 11.4. The molecule has 4 saturated carbocycles. The molecule has 1 nitrogen and oxygen atoms in total. The van der Waals surface area contributed by atoms with Crippen LogP contribution in [0.2, 0.25) is 0 Å². The van der Waals surface area contributed by atoms with E-state index < -0.39 is 0 Å². The highest BCUT2D eigenvalue weighted by atomic mass is 16.1. The molecule has 8 atom stereocenters. The van der Waals surface area contributed by atoms with Crippen molar-refractivity contribution in [3.63, 3.8) is 0 Å². The molecule has 4 aliphatic carbocycles. The summed E-state index contributed by atoms with van der Waals surface area (Å²) in [5.74, 6) is 5.50. The molecule has 4 fully saturated rings. The summed E-state index contributed by atoms with van der Waals surface area (Å²) in [5.41, 5.74) is 0.948. The average Bonchev–Trinajstić information content (AvgIpc) is 2.95. The van der Waals surface area contributed by atoms with Crippen LogP contribution in [-0.4, -0.2) is 5.78 Å². The van der Waals surface area contributed by atoms with Crippen LogP contribution in [0.3, 0.4) is 0 Å². The summed E-state index contributed by atoms with van der Waals surface area (Å²) in [6.07, 6.45) is 12.6. The van der Waals surface area contributed by atoms with Gasteiger partial charge in [-0.25, -0.2) is 0 Å². The van der Waals surface area contributed by atoms with Gasteiger partial charge < -0.3 is 0 Å². The van der Waals surface area contributed by atoms with E-state index in [2.05, 4.69) is 20.8 Å². The molecule has 0 amide bonds. The number of carbonyl (C=O) groups excluding carboxylic acids is 1. The van der Waals surface area contributed by atoms with E-state index in [1.165, 1.54) is 57.8 Å². The van der Waals surface area contributed by atoms with Crippen molar-refractivity contribution in [2.45, 2.75) is 99.3 Å². The van der Waals surface area contributed by atoms with Crippen molar-refractivity contribution in [2.75, 3.05) is 0 Å². The largest absolute Gasteiger partial charge is 0.300 e. The molecule has 4 rings (SSSR count). The molecular formula is C24H42O. The third-order valence-electron chi connectivity index (χ3n) is 9.42. The van der Waals surface area contributed by atoms with E-state index in [4.69, 9.17) is 0 Å². The number of hydrogen-bond acceptors (Lipinski definition) is 1. The minimum Gasteiger partial charge on any atom is -0.300 e. The second-order valence-electron chi connectivity index (χ2n) is 10.3. The van der Waals surface area contributed by atoms with Crippen LogP contribution < -0.4 is 0 Å². The standard InChI is InChI=1S/C22H36O.C2H6/c1-14-9-11-21(3)16(13-14)5-6-17-19-8-7-18(15(2)23)22(19,4)12-10-20(17)21;1-2/h14,16-20H,5-13H2,1-4H3;1-2H3/t14?,16?,17?,18-,19?,20?,21?,22-;/m1./s1. The number of fused-ring (bicyclic) bond motifs is 5. The molecule has 1 heteroatoms. The quantitative estimate of drug-likeness (QED) is 0.505.